The van der Waals surface area contributed by atoms with Gasteiger partial charge in [-0.3, -0.25) is 19.0 Å². The normalized spacial score (nSPS) is 22.7. The highest BCUT2D eigenvalue weighted by Crippen LogP contribution is 2.57. The predicted octanol–water partition coefficient (Wildman–Crippen LogP) is 3.43. The lowest BCUT2D eigenvalue weighted by Gasteiger charge is -2.46. The second-order valence-electron chi connectivity index (χ2n) is 11.8. The molecule has 13 nitrogen and oxygen atoms in total. The average molecular weight is 684 g/mol. The molecule has 0 radical (unpaired) electrons. The van der Waals surface area contributed by atoms with Crippen LogP contribution in [0.3, 0.4) is 0 Å². The van der Waals surface area contributed by atoms with Crippen molar-refractivity contribution in [3.05, 3.63) is 156 Å². The van der Waals surface area contributed by atoms with E-state index in [9.17, 15) is 19.8 Å². The number of carbonyl (C=O) groups excluding carboxylic acids is 4. The molecule has 0 bridgehead atoms. The molecule has 4 atom stereocenters. The van der Waals surface area contributed by atoms with Gasteiger partial charge in [-0.05, 0) is 12.1 Å². The number of nitrogens with two attached hydrogens (primary N) is 1. The Morgan fingerprint density at radius 2 is 1.20 bits per heavy atom. The van der Waals surface area contributed by atoms with Gasteiger partial charge in [0.25, 0.3) is 11.3 Å². The minimum absolute atomic E-state index is 0.0397. The summed E-state index contributed by atoms with van der Waals surface area (Å²) in [5.74, 6) is -4.77. The van der Waals surface area contributed by atoms with Crippen molar-refractivity contribution in [3.8, 4) is 0 Å². The Hall–Kier alpha value is -6.41. The van der Waals surface area contributed by atoms with Crippen LogP contribution in [0.4, 0.5) is 5.82 Å². The summed E-state index contributed by atoms with van der Waals surface area (Å²) in [7, 11) is 0. The summed E-state index contributed by atoms with van der Waals surface area (Å²) in [6, 6.07) is 29.8. The lowest BCUT2D eigenvalue weighted by Crippen LogP contribution is -2.75. The molecule has 0 saturated carbocycles. The van der Waals surface area contributed by atoms with E-state index < -0.39 is 53.0 Å². The standard InChI is InChI=1S/C38H29N5O8/c39-33-29-34(41-22-40-33)43(23-42-29)38(32(47)26-17-9-3-10-18-26)37(31(46)25-15-7-2-8-16-25,51-35(48)27-19-11-4-12-20-27)36(49,28(21-44)50-38)30(45)24-13-5-1-6-14-24/h1-20,22-23,28,44,49H,21H2,(H2,39,40,41)/t28-,36+,37-,38-/m1/s1. The molecule has 0 spiro atoms. The Kier molecular flexibility index (Phi) is 8.31. The SMILES string of the molecule is Nc1ncnc2c1ncn2[C@]1(C(=O)c2ccccc2)O[C@H](CO)[C@](O)(C(=O)c2ccccc2)[C@]1(OC(=O)c1ccccc1)C(=O)c1ccccc1. The monoisotopic (exact) mass is 683 g/mol. The minimum Gasteiger partial charge on any atom is -0.437 e. The molecule has 7 rings (SSSR count). The molecule has 254 valence electrons. The van der Waals surface area contributed by atoms with Gasteiger partial charge in [-0.2, -0.15) is 0 Å². The van der Waals surface area contributed by atoms with Crippen LogP contribution >= 0.6 is 0 Å². The largest absolute Gasteiger partial charge is 0.437 e. The van der Waals surface area contributed by atoms with Gasteiger partial charge in [0.15, 0.2) is 11.5 Å². The third kappa shape index (κ3) is 4.86. The number of aliphatic hydroxyl groups excluding tert-OH is 1. The van der Waals surface area contributed by atoms with Gasteiger partial charge in [0.2, 0.25) is 23.0 Å². The van der Waals surface area contributed by atoms with Gasteiger partial charge in [-0.25, -0.2) is 19.7 Å². The Balaban J connectivity index is 1.68. The second kappa shape index (κ2) is 12.8. The summed E-state index contributed by atoms with van der Waals surface area (Å²) in [4.78, 5) is 73.1. The molecule has 0 aliphatic carbocycles. The smallest absolute Gasteiger partial charge is 0.339 e. The number of aromatic nitrogens is 4. The molecule has 4 aromatic carbocycles. The van der Waals surface area contributed by atoms with Crippen LogP contribution in [0.2, 0.25) is 0 Å². The number of imidazole rings is 1. The van der Waals surface area contributed by atoms with Gasteiger partial charge in [0.1, 0.15) is 24.3 Å². The number of esters is 1. The van der Waals surface area contributed by atoms with E-state index in [2.05, 4.69) is 15.0 Å². The molecule has 0 unspecified atom stereocenters. The Bertz CT molecular complexity index is 2270. The van der Waals surface area contributed by atoms with Gasteiger partial charge in [0.05, 0.1) is 12.2 Å². The zero-order valence-corrected chi connectivity index (χ0v) is 26.7. The number of fused-ring (bicyclic) bond motifs is 1. The summed E-state index contributed by atoms with van der Waals surface area (Å²) < 4.78 is 13.8. The number of aliphatic hydroxyl groups is 2. The molecule has 1 aliphatic heterocycles. The maximum absolute atomic E-state index is 15.6. The van der Waals surface area contributed by atoms with E-state index in [1.54, 1.807) is 36.4 Å². The number of ketones is 3. The molecule has 0 amide bonds. The molecule has 4 N–H and O–H groups in total. The van der Waals surface area contributed by atoms with Gasteiger partial charge in [-0.15, -0.1) is 0 Å². The van der Waals surface area contributed by atoms with E-state index in [4.69, 9.17) is 15.2 Å². The molecule has 1 fully saturated rings. The zero-order valence-electron chi connectivity index (χ0n) is 26.7. The van der Waals surface area contributed by atoms with E-state index >= 15 is 9.59 Å². The third-order valence-corrected chi connectivity index (χ3v) is 9.00. The fourth-order valence-corrected chi connectivity index (χ4v) is 6.65. The number of Topliss-reactive ketones (excluding diaryl/α,β-unsaturated/α-hetero) is 3. The number of nitrogens with zero attached hydrogens (tertiary/aromatic N) is 4. The van der Waals surface area contributed by atoms with E-state index in [1.807, 2.05) is 0 Å². The highest BCUT2D eigenvalue weighted by Gasteiger charge is 2.85. The van der Waals surface area contributed by atoms with Crippen molar-refractivity contribution < 1.29 is 38.9 Å². The number of hydrogen-bond acceptors (Lipinski definition) is 12. The van der Waals surface area contributed by atoms with E-state index in [0.29, 0.717) is 0 Å². The Morgan fingerprint density at radius 3 is 1.73 bits per heavy atom. The van der Waals surface area contributed by atoms with Crippen LogP contribution < -0.4 is 5.73 Å². The first kappa shape index (κ1) is 33.1. The van der Waals surface area contributed by atoms with Crippen LogP contribution in [-0.4, -0.2) is 77.0 Å². The van der Waals surface area contributed by atoms with Gasteiger partial charge in [-0.1, -0.05) is 109 Å². The molecule has 1 saturated heterocycles. The van der Waals surface area contributed by atoms with Crippen molar-refractivity contribution in [3.63, 3.8) is 0 Å². The lowest BCUT2D eigenvalue weighted by atomic mass is 9.65. The van der Waals surface area contributed by atoms with Crippen LogP contribution in [0.5, 0.6) is 0 Å². The minimum atomic E-state index is -3.35. The first-order chi connectivity index (χ1) is 24.7. The third-order valence-electron chi connectivity index (χ3n) is 9.00. The average Bonchev–Trinajstić information content (AvgIpc) is 3.72. The molecule has 6 aromatic rings. The number of carbonyl (C=O) groups is 4. The molecular weight excluding hydrogens is 654 g/mol. The van der Waals surface area contributed by atoms with Crippen molar-refractivity contribution in [2.24, 2.45) is 0 Å². The maximum atomic E-state index is 15.6. The van der Waals surface area contributed by atoms with E-state index in [1.165, 1.54) is 84.9 Å². The number of anilines is 1. The Morgan fingerprint density at radius 1 is 0.706 bits per heavy atom. The maximum Gasteiger partial charge on any atom is 0.339 e. The summed E-state index contributed by atoms with van der Waals surface area (Å²) in [6.07, 6.45) is 0.0610. The van der Waals surface area contributed by atoms with Crippen LogP contribution in [0.15, 0.2) is 134 Å². The van der Waals surface area contributed by atoms with Crippen molar-refractivity contribution in [2.75, 3.05) is 12.3 Å². The number of nitrogen functional groups attached to an aromatic ring is 1. The van der Waals surface area contributed by atoms with E-state index in [-0.39, 0.29) is 39.2 Å². The summed E-state index contributed by atoms with van der Waals surface area (Å²) in [5.41, 5.74) is -4.26. The summed E-state index contributed by atoms with van der Waals surface area (Å²) >= 11 is 0. The lowest BCUT2D eigenvalue weighted by molar-refractivity contribution is -0.149. The fraction of sp³-hybridized carbons (Fsp3) is 0.132. The van der Waals surface area contributed by atoms with Crippen molar-refractivity contribution >= 4 is 40.3 Å². The van der Waals surface area contributed by atoms with Crippen LogP contribution in [0, 0.1) is 0 Å². The second-order valence-corrected chi connectivity index (χ2v) is 11.8. The first-order valence-corrected chi connectivity index (χ1v) is 15.7. The van der Waals surface area contributed by atoms with Gasteiger partial charge < -0.3 is 25.4 Å². The van der Waals surface area contributed by atoms with Gasteiger partial charge in [0, 0.05) is 16.7 Å². The number of benzene rings is 4. The fourth-order valence-electron chi connectivity index (χ4n) is 6.65. The first-order valence-electron chi connectivity index (χ1n) is 15.7. The van der Waals surface area contributed by atoms with Crippen LogP contribution in [0.1, 0.15) is 41.4 Å². The van der Waals surface area contributed by atoms with Gasteiger partial charge >= 0.3 is 5.97 Å². The molecule has 51 heavy (non-hydrogen) atoms. The van der Waals surface area contributed by atoms with Crippen molar-refractivity contribution in [1.29, 1.82) is 0 Å². The molecule has 13 heteroatoms. The molecular formula is C38H29N5O8. The zero-order chi connectivity index (χ0) is 35.8. The molecule has 1 aliphatic rings. The summed E-state index contributed by atoms with van der Waals surface area (Å²) in [6.45, 7) is -1.13. The summed E-state index contributed by atoms with van der Waals surface area (Å²) in [5, 5.41) is 24.3. The van der Waals surface area contributed by atoms with Crippen LogP contribution in [-0.2, 0) is 15.2 Å². The van der Waals surface area contributed by atoms with Crippen LogP contribution in [0.25, 0.3) is 11.2 Å². The van der Waals surface area contributed by atoms with Crippen molar-refractivity contribution in [2.45, 2.75) is 23.0 Å². The molecule has 2 aromatic heterocycles. The van der Waals surface area contributed by atoms with E-state index in [0.717, 1.165) is 17.2 Å². The number of rotatable bonds is 10. The predicted molar refractivity (Wildman–Crippen MR) is 182 cm³/mol. The highest BCUT2D eigenvalue weighted by atomic mass is 16.6. The highest BCUT2D eigenvalue weighted by molar-refractivity contribution is 6.19. The van der Waals surface area contributed by atoms with Crippen molar-refractivity contribution in [1.82, 2.24) is 19.5 Å². The number of ether oxygens (including phenoxy) is 2. The number of hydrogen-bond donors (Lipinski definition) is 3. The molecule has 3 heterocycles. The quantitative estimate of drug-likeness (QED) is 0.141. The Labute approximate surface area is 289 Å². The topological polar surface area (TPSA) is 197 Å².